The quantitative estimate of drug-likeness (QED) is 0.221. The van der Waals surface area contributed by atoms with Crippen LogP contribution in [0.3, 0.4) is 0 Å². The number of amides is 2. The van der Waals surface area contributed by atoms with Gasteiger partial charge in [0, 0.05) is 27.6 Å². The second-order valence-corrected chi connectivity index (χ2v) is 16.6. The molecule has 0 spiro atoms. The first-order chi connectivity index (χ1) is 24.1. The van der Waals surface area contributed by atoms with Crippen LogP contribution in [0.25, 0.3) is 33.8 Å². The van der Waals surface area contributed by atoms with Gasteiger partial charge < -0.3 is 23.4 Å². The molecule has 0 radical (unpaired) electrons. The number of benzene rings is 2. The number of methoxy groups -OCH3 is 1. The Morgan fingerprint density at radius 2 is 1.72 bits per heavy atom. The van der Waals surface area contributed by atoms with Crippen LogP contribution in [0.1, 0.15) is 102 Å². The molecule has 2 aromatic heterocycles. The van der Waals surface area contributed by atoms with Gasteiger partial charge in [-0.1, -0.05) is 25.3 Å². The molecule has 4 aromatic rings. The topological polar surface area (TPSA) is 120 Å². The van der Waals surface area contributed by atoms with Crippen LogP contribution in [0, 0.1) is 0 Å². The Kier molecular flexibility index (Phi) is 8.38. The molecule has 50 heavy (non-hydrogen) atoms. The van der Waals surface area contributed by atoms with Crippen LogP contribution in [-0.4, -0.2) is 67.4 Å². The Hall–Kier alpha value is -4.35. The van der Waals surface area contributed by atoms with Crippen LogP contribution in [-0.2, 0) is 21.3 Å². The fraction of sp³-hybridized carbons (Fsp3) is 0.436. The van der Waals surface area contributed by atoms with Crippen LogP contribution in [0.4, 0.5) is 0 Å². The Morgan fingerprint density at radius 3 is 2.44 bits per heavy atom. The van der Waals surface area contributed by atoms with Gasteiger partial charge in [0.05, 0.1) is 61.7 Å². The number of carbonyl (C=O) groups is 2. The van der Waals surface area contributed by atoms with E-state index in [-0.39, 0.29) is 23.6 Å². The number of aromatic nitrogens is 1. The Labute approximate surface area is 292 Å². The summed E-state index contributed by atoms with van der Waals surface area (Å²) >= 11 is 0. The average Bonchev–Trinajstić information content (AvgIpc) is 3.76. The van der Waals surface area contributed by atoms with Crippen molar-refractivity contribution in [2.24, 2.45) is 0 Å². The number of furan rings is 1. The van der Waals surface area contributed by atoms with Gasteiger partial charge in [0.25, 0.3) is 11.8 Å². The van der Waals surface area contributed by atoms with E-state index in [1.807, 2.05) is 29.2 Å². The number of fused-ring (bicyclic) bond motifs is 7. The van der Waals surface area contributed by atoms with Crippen LogP contribution in [0.5, 0.6) is 5.75 Å². The molecule has 11 heteroatoms. The smallest absolute Gasteiger partial charge is 0.264 e. The SMILES string of the molecule is COc1ccc2c(c1)C=C(c1occc1C(=O)N1C3CCC1COC3)Cn1c-2c(C2CCCCC2)c2ccc(C(=O)NS(=O)(=O)C(C)C)cc21. The van der Waals surface area contributed by atoms with Crippen molar-refractivity contribution < 1.29 is 31.9 Å². The van der Waals surface area contributed by atoms with Crippen LogP contribution < -0.4 is 9.46 Å². The standard InChI is InChI=1S/C39H43N3O7S/c1-23(2)50(45,46)40-38(43)25-9-13-32-34(19-25)41-20-27(37-33(15-16-49-37)39(44)42-28-10-11-29(42)22-48-21-28)17-26-18-30(47-3)12-14-31(26)36(41)35(32)24-7-5-4-6-8-24/h9,12-19,23-24,28-29H,4-8,10-11,20-22H2,1-3H3,(H,40,43). The highest BCUT2D eigenvalue weighted by Crippen LogP contribution is 2.48. The molecule has 8 rings (SSSR count). The molecule has 1 saturated carbocycles. The monoisotopic (exact) mass is 697 g/mol. The number of nitrogens with one attached hydrogen (secondary N) is 1. The lowest BCUT2D eigenvalue weighted by atomic mass is 9.81. The lowest BCUT2D eigenvalue weighted by molar-refractivity contribution is -0.00721. The predicted molar refractivity (Wildman–Crippen MR) is 192 cm³/mol. The van der Waals surface area contributed by atoms with Gasteiger partial charge in [0.15, 0.2) is 0 Å². The van der Waals surface area contributed by atoms with E-state index in [0.29, 0.717) is 42.7 Å². The summed E-state index contributed by atoms with van der Waals surface area (Å²) in [7, 11) is -2.18. The minimum Gasteiger partial charge on any atom is -0.497 e. The van der Waals surface area contributed by atoms with Gasteiger partial charge in [-0.15, -0.1) is 0 Å². The Morgan fingerprint density at radius 1 is 0.960 bits per heavy atom. The summed E-state index contributed by atoms with van der Waals surface area (Å²) in [5.41, 5.74) is 6.70. The molecule has 3 aliphatic heterocycles. The van der Waals surface area contributed by atoms with E-state index in [9.17, 15) is 18.0 Å². The first kappa shape index (κ1) is 32.8. The van der Waals surface area contributed by atoms with Crippen LogP contribution in [0.2, 0.25) is 0 Å². The third-order valence-electron chi connectivity index (χ3n) is 11.1. The molecule has 4 aliphatic rings. The minimum absolute atomic E-state index is 0.0497. The summed E-state index contributed by atoms with van der Waals surface area (Å²) < 4.78 is 47.5. The fourth-order valence-electron chi connectivity index (χ4n) is 8.45. The van der Waals surface area contributed by atoms with Gasteiger partial charge in [-0.25, -0.2) is 13.1 Å². The van der Waals surface area contributed by atoms with E-state index in [1.54, 1.807) is 39.4 Å². The van der Waals surface area contributed by atoms with E-state index in [2.05, 4.69) is 21.4 Å². The van der Waals surface area contributed by atoms with Crippen molar-refractivity contribution in [3.8, 4) is 17.0 Å². The molecule has 1 N–H and O–H groups in total. The number of carbonyl (C=O) groups excluding carboxylic acids is 2. The maximum Gasteiger partial charge on any atom is 0.264 e. The third-order valence-corrected chi connectivity index (χ3v) is 12.8. The van der Waals surface area contributed by atoms with Crippen molar-refractivity contribution in [3.05, 3.63) is 76.7 Å². The molecule has 2 aromatic carbocycles. The maximum absolute atomic E-state index is 14.2. The summed E-state index contributed by atoms with van der Waals surface area (Å²) in [5.74, 6) is 0.836. The molecule has 1 aliphatic carbocycles. The highest BCUT2D eigenvalue weighted by molar-refractivity contribution is 7.90. The number of ether oxygens (including phenoxy) is 2. The molecule has 262 valence electrons. The lowest BCUT2D eigenvalue weighted by Crippen LogP contribution is -2.49. The van der Waals surface area contributed by atoms with Crippen molar-refractivity contribution in [1.82, 2.24) is 14.2 Å². The fourth-order valence-corrected chi connectivity index (χ4v) is 9.06. The average molecular weight is 698 g/mol. The zero-order chi connectivity index (χ0) is 34.7. The van der Waals surface area contributed by atoms with Crippen LogP contribution in [0.15, 0.2) is 53.1 Å². The number of hydrogen-bond donors (Lipinski definition) is 1. The van der Waals surface area contributed by atoms with E-state index in [0.717, 1.165) is 71.8 Å². The first-order valence-electron chi connectivity index (χ1n) is 17.7. The zero-order valence-electron chi connectivity index (χ0n) is 28.7. The second kappa shape index (κ2) is 12.8. The van der Waals surface area contributed by atoms with Crippen molar-refractivity contribution in [2.75, 3.05) is 20.3 Å². The summed E-state index contributed by atoms with van der Waals surface area (Å²) in [6, 6.07) is 13.5. The summed E-state index contributed by atoms with van der Waals surface area (Å²) in [4.78, 5) is 29.6. The largest absolute Gasteiger partial charge is 0.497 e. The van der Waals surface area contributed by atoms with Crippen molar-refractivity contribution in [1.29, 1.82) is 0 Å². The number of hydrogen-bond acceptors (Lipinski definition) is 7. The van der Waals surface area contributed by atoms with E-state index < -0.39 is 21.2 Å². The molecule has 2 unspecified atom stereocenters. The summed E-state index contributed by atoms with van der Waals surface area (Å²) in [6.45, 7) is 4.54. The van der Waals surface area contributed by atoms with Crippen molar-refractivity contribution in [2.45, 2.75) is 88.6 Å². The van der Waals surface area contributed by atoms with Gasteiger partial charge in [-0.2, -0.15) is 0 Å². The van der Waals surface area contributed by atoms with E-state index in [1.165, 1.54) is 12.0 Å². The number of sulfonamides is 1. The van der Waals surface area contributed by atoms with Gasteiger partial charge in [0.2, 0.25) is 10.0 Å². The minimum atomic E-state index is -3.83. The first-order valence-corrected chi connectivity index (χ1v) is 19.3. The normalized spacial score (nSPS) is 20.7. The summed E-state index contributed by atoms with van der Waals surface area (Å²) in [5, 5.41) is 0.288. The number of rotatable bonds is 7. The van der Waals surface area contributed by atoms with Crippen LogP contribution >= 0.6 is 0 Å². The lowest BCUT2D eigenvalue weighted by Gasteiger charge is -2.34. The third kappa shape index (κ3) is 5.55. The molecular weight excluding hydrogens is 655 g/mol. The predicted octanol–water partition coefficient (Wildman–Crippen LogP) is 6.98. The highest BCUT2D eigenvalue weighted by Gasteiger charge is 2.42. The molecule has 2 atom stereocenters. The number of morpholine rings is 1. The Balaban J connectivity index is 1.31. The molecule has 2 amide bonds. The summed E-state index contributed by atoms with van der Waals surface area (Å²) in [6.07, 6.45) is 11.2. The highest BCUT2D eigenvalue weighted by atomic mass is 32.2. The molecule has 10 nitrogen and oxygen atoms in total. The van der Waals surface area contributed by atoms with Gasteiger partial charge >= 0.3 is 0 Å². The molecule has 3 fully saturated rings. The molecular formula is C39H43N3O7S. The van der Waals surface area contributed by atoms with Gasteiger partial charge in [0.1, 0.15) is 11.5 Å². The molecule has 2 saturated heterocycles. The van der Waals surface area contributed by atoms with Crippen molar-refractivity contribution in [3.63, 3.8) is 0 Å². The van der Waals surface area contributed by atoms with E-state index >= 15 is 0 Å². The van der Waals surface area contributed by atoms with Gasteiger partial charge in [-0.3, -0.25) is 9.59 Å². The van der Waals surface area contributed by atoms with Gasteiger partial charge in [-0.05, 0) is 99.0 Å². The second-order valence-electron chi connectivity index (χ2n) is 14.4. The van der Waals surface area contributed by atoms with Crippen molar-refractivity contribution >= 4 is 44.4 Å². The number of nitrogens with zero attached hydrogens (tertiary/aromatic N) is 2. The zero-order valence-corrected chi connectivity index (χ0v) is 29.6. The number of allylic oxidation sites excluding steroid dienone is 1. The molecule has 5 heterocycles. The maximum atomic E-state index is 14.2. The Bertz CT molecular complexity index is 2120. The molecule has 2 bridgehead atoms. The van der Waals surface area contributed by atoms with E-state index in [4.69, 9.17) is 13.9 Å².